The number of hydrogen-bond acceptors (Lipinski definition) is 2. The highest BCUT2D eigenvalue weighted by Crippen LogP contribution is 2.25. The maximum Gasteiger partial charge on any atom is 0.390 e. The Morgan fingerprint density at radius 3 is 2.48 bits per heavy atom. The van der Waals surface area contributed by atoms with Gasteiger partial charge in [-0.25, -0.2) is 0 Å². The number of likely N-dealkylation sites (tertiary alicyclic amines) is 1. The lowest BCUT2D eigenvalue weighted by atomic mass is 9.92. The molecule has 2 N–H and O–H groups in total. The van der Waals surface area contributed by atoms with E-state index in [2.05, 4.69) is 20.5 Å². The number of guanidine groups is 1. The van der Waals surface area contributed by atoms with Gasteiger partial charge < -0.3 is 10.6 Å². The van der Waals surface area contributed by atoms with Gasteiger partial charge in [-0.3, -0.25) is 9.89 Å². The molecule has 25 heavy (non-hydrogen) atoms. The number of rotatable bonds is 5. The Kier molecular flexibility index (Phi) is 10.4. The Labute approximate surface area is 166 Å². The first-order valence-corrected chi connectivity index (χ1v) is 9.33. The monoisotopic (exact) mass is 476 g/mol. The van der Waals surface area contributed by atoms with Crippen LogP contribution in [-0.2, 0) is 0 Å². The summed E-state index contributed by atoms with van der Waals surface area (Å²) in [6.45, 7) is 4.46. The fourth-order valence-electron chi connectivity index (χ4n) is 3.71. The Bertz CT molecular complexity index is 398. The van der Waals surface area contributed by atoms with Gasteiger partial charge in [-0.1, -0.05) is 19.3 Å². The third-order valence-electron chi connectivity index (χ3n) is 4.89. The molecule has 2 rings (SSSR count). The molecular formula is C17H32F3IN4. The van der Waals surface area contributed by atoms with Gasteiger partial charge in [0, 0.05) is 25.2 Å². The molecule has 8 heteroatoms. The van der Waals surface area contributed by atoms with Crippen molar-refractivity contribution < 1.29 is 13.2 Å². The highest BCUT2D eigenvalue weighted by molar-refractivity contribution is 14.0. The maximum atomic E-state index is 12.3. The van der Waals surface area contributed by atoms with Gasteiger partial charge in [-0.05, 0) is 39.2 Å². The van der Waals surface area contributed by atoms with Gasteiger partial charge in [0.2, 0.25) is 0 Å². The quantitative estimate of drug-likeness (QED) is 0.359. The molecule has 4 nitrogen and oxygen atoms in total. The Hall–Kier alpha value is -0.250. The third-order valence-corrected chi connectivity index (χ3v) is 4.89. The van der Waals surface area contributed by atoms with Crippen molar-refractivity contribution in [3.8, 4) is 0 Å². The van der Waals surface area contributed by atoms with E-state index in [4.69, 9.17) is 0 Å². The Balaban J connectivity index is 0.00000312. The minimum Gasteiger partial charge on any atom is -0.357 e. The van der Waals surface area contributed by atoms with Crippen LogP contribution in [0.1, 0.15) is 58.3 Å². The topological polar surface area (TPSA) is 39.7 Å². The van der Waals surface area contributed by atoms with Crippen molar-refractivity contribution in [3.63, 3.8) is 0 Å². The molecule has 1 saturated carbocycles. The van der Waals surface area contributed by atoms with Crippen LogP contribution in [0.25, 0.3) is 0 Å². The minimum absolute atomic E-state index is 0. The standard InChI is InChI=1S/C17H31F3N4.HI/c1-2-21-16(22-11-10-17(18,19)20)23-14-7-6-12-24(13-14)15-8-4-3-5-9-15;/h14-15H,2-13H2,1H3,(H2,21,22,23);1H. The van der Waals surface area contributed by atoms with E-state index < -0.39 is 12.6 Å². The first-order valence-electron chi connectivity index (χ1n) is 9.33. The number of alkyl halides is 3. The molecule has 0 radical (unpaired) electrons. The molecule has 1 heterocycles. The first kappa shape index (κ1) is 22.8. The van der Waals surface area contributed by atoms with E-state index in [1.807, 2.05) is 6.92 Å². The lowest BCUT2D eigenvalue weighted by Crippen LogP contribution is -2.53. The van der Waals surface area contributed by atoms with Crippen LogP contribution >= 0.6 is 24.0 Å². The van der Waals surface area contributed by atoms with Crippen molar-refractivity contribution in [3.05, 3.63) is 0 Å². The summed E-state index contributed by atoms with van der Waals surface area (Å²) in [7, 11) is 0. The lowest BCUT2D eigenvalue weighted by Gasteiger charge is -2.40. The normalized spacial score (nSPS) is 23.8. The molecule has 0 aromatic heterocycles. The Morgan fingerprint density at radius 2 is 1.84 bits per heavy atom. The fourth-order valence-corrected chi connectivity index (χ4v) is 3.71. The predicted molar refractivity (Wildman–Crippen MR) is 107 cm³/mol. The SMILES string of the molecule is CCNC(=NCCC(F)(F)F)NC1CCCN(C2CCCCC2)C1.I. The van der Waals surface area contributed by atoms with Gasteiger partial charge in [-0.15, -0.1) is 24.0 Å². The number of nitrogens with one attached hydrogen (secondary N) is 2. The molecule has 1 unspecified atom stereocenters. The first-order chi connectivity index (χ1) is 11.5. The summed E-state index contributed by atoms with van der Waals surface area (Å²) in [5, 5.41) is 6.41. The van der Waals surface area contributed by atoms with Crippen molar-refractivity contribution in [2.75, 3.05) is 26.2 Å². The van der Waals surface area contributed by atoms with Crippen LogP contribution in [-0.4, -0.2) is 55.3 Å². The van der Waals surface area contributed by atoms with E-state index in [0.29, 0.717) is 18.5 Å². The summed E-state index contributed by atoms with van der Waals surface area (Å²) in [4.78, 5) is 6.66. The number of aliphatic imine (C=N–C) groups is 1. The smallest absolute Gasteiger partial charge is 0.357 e. The van der Waals surface area contributed by atoms with Crippen LogP contribution in [0, 0.1) is 0 Å². The summed E-state index contributed by atoms with van der Waals surface area (Å²) in [5.41, 5.74) is 0. The van der Waals surface area contributed by atoms with E-state index in [-0.39, 0.29) is 36.6 Å². The summed E-state index contributed by atoms with van der Waals surface area (Å²) < 4.78 is 36.9. The van der Waals surface area contributed by atoms with Gasteiger partial charge in [0.25, 0.3) is 0 Å². The van der Waals surface area contributed by atoms with Gasteiger partial charge in [0.05, 0.1) is 13.0 Å². The van der Waals surface area contributed by atoms with Crippen LogP contribution in [0.2, 0.25) is 0 Å². The molecule has 0 aromatic carbocycles. The van der Waals surface area contributed by atoms with Gasteiger partial charge in [-0.2, -0.15) is 13.2 Å². The van der Waals surface area contributed by atoms with Crippen molar-refractivity contribution in [2.45, 2.75) is 76.6 Å². The molecule has 1 aliphatic heterocycles. The average molecular weight is 476 g/mol. The van der Waals surface area contributed by atoms with E-state index in [9.17, 15) is 13.2 Å². The molecule has 0 aromatic rings. The molecule has 1 aliphatic carbocycles. The van der Waals surface area contributed by atoms with Crippen molar-refractivity contribution >= 4 is 29.9 Å². The molecule has 1 atom stereocenters. The van der Waals surface area contributed by atoms with Crippen molar-refractivity contribution in [1.82, 2.24) is 15.5 Å². The zero-order valence-electron chi connectivity index (χ0n) is 15.1. The third kappa shape index (κ3) is 8.79. The second kappa shape index (κ2) is 11.5. The second-order valence-corrected chi connectivity index (χ2v) is 6.90. The summed E-state index contributed by atoms with van der Waals surface area (Å²) in [6, 6.07) is 0.956. The second-order valence-electron chi connectivity index (χ2n) is 6.90. The van der Waals surface area contributed by atoms with Gasteiger partial charge in [0.15, 0.2) is 5.96 Å². The molecule has 1 saturated heterocycles. The van der Waals surface area contributed by atoms with Crippen LogP contribution in [0.15, 0.2) is 4.99 Å². The van der Waals surface area contributed by atoms with Gasteiger partial charge in [0.1, 0.15) is 0 Å². The van der Waals surface area contributed by atoms with Gasteiger partial charge >= 0.3 is 6.18 Å². The minimum atomic E-state index is -4.15. The number of halogens is 4. The summed E-state index contributed by atoms with van der Waals surface area (Å²) in [5.74, 6) is 0.511. The van der Waals surface area contributed by atoms with Crippen LogP contribution in [0.4, 0.5) is 13.2 Å². The van der Waals surface area contributed by atoms with E-state index in [0.717, 1.165) is 25.9 Å². The molecule has 0 spiro atoms. The summed E-state index contributed by atoms with van der Waals surface area (Å²) in [6.07, 6.45) is 3.72. The van der Waals surface area contributed by atoms with Crippen molar-refractivity contribution in [1.29, 1.82) is 0 Å². The summed E-state index contributed by atoms with van der Waals surface area (Å²) >= 11 is 0. The van der Waals surface area contributed by atoms with Crippen LogP contribution < -0.4 is 10.6 Å². The average Bonchev–Trinajstić information content (AvgIpc) is 2.55. The molecule has 148 valence electrons. The fraction of sp³-hybridized carbons (Fsp3) is 0.941. The largest absolute Gasteiger partial charge is 0.390 e. The van der Waals surface area contributed by atoms with Crippen LogP contribution in [0.3, 0.4) is 0 Å². The predicted octanol–water partition coefficient (Wildman–Crippen LogP) is 3.91. The highest BCUT2D eigenvalue weighted by atomic mass is 127. The molecule has 0 amide bonds. The zero-order chi connectivity index (χ0) is 17.4. The van der Waals surface area contributed by atoms with E-state index >= 15 is 0 Å². The molecule has 2 fully saturated rings. The van der Waals surface area contributed by atoms with Crippen LogP contribution in [0.5, 0.6) is 0 Å². The maximum absolute atomic E-state index is 12.3. The molecular weight excluding hydrogens is 444 g/mol. The zero-order valence-corrected chi connectivity index (χ0v) is 17.4. The molecule has 2 aliphatic rings. The lowest BCUT2D eigenvalue weighted by molar-refractivity contribution is -0.132. The number of nitrogens with zero attached hydrogens (tertiary/aromatic N) is 2. The van der Waals surface area contributed by atoms with E-state index in [1.165, 1.54) is 32.1 Å². The van der Waals surface area contributed by atoms with E-state index in [1.54, 1.807) is 0 Å². The highest BCUT2D eigenvalue weighted by Gasteiger charge is 2.28. The van der Waals surface area contributed by atoms with Crippen molar-refractivity contribution in [2.24, 2.45) is 4.99 Å². The number of hydrogen-bond donors (Lipinski definition) is 2. The number of piperidine rings is 1. The Morgan fingerprint density at radius 1 is 1.12 bits per heavy atom. The molecule has 0 bridgehead atoms.